The molecule has 2 aromatic rings. The number of nitrogens with one attached hydrogen (secondary N) is 2. The number of hydrogen-bond donors (Lipinski definition) is 4. The third kappa shape index (κ3) is 4.47. The molecule has 108 valence electrons. The van der Waals surface area contributed by atoms with Crippen molar-refractivity contribution in [3.63, 3.8) is 0 Å². The van der Waals surface area contributed by atoms with Crippen LogP contribution in [0.25, 0.3) is 0 Å². The molecular formula is C15H14N2O3S. The van der Waals surface area contributed by atoms with Crippen LogP contribution < -0.4 is 10.6 Å². The van der Waals surface area contributed by atoms with E-state index >= 15 is 0 Å². The van der Waals surface area contributed by atoms with Crippen LogP contribution in [0, 0.1) is 0 Å². The summed E-state index contributed by atoms with van der Waals surface area (Å²) < 4.78 is 0. The third-order valence-electron chi connectivity index (χ3n) is 2.70. The molecule has 21 heavy (non-hydrogen) atoms. The first-order valence-electron chi connectivity index (χ1n) is 6.21. The van der Waals surface area contributed by atoms with Gasteiger partial charge >= 0.3 is 5.97 Å². The standard InChI is InChI=1S/C15H14N2O3S/c18-13-7-6-10(9-14(19)20)8-12(13)17-15(21)16-11-4-2-1-3-5-11/h1-8,18H,9H2,(H,19,20)(H2,16,17,21). The van der Waals surface area contributed by atoms with Gasteiger partial charge in [0, 0.05) is 5.69 Å². The van der Waals surface area contributed by atoms with E-state index in [1.807, 2.05) is 30.3 Å². The average Bonchev–Trinajstić information content (AvgIpc) is 2.43. The van der Waals surface area contributed by atoms with Gasteiger partial charge < -0.3 is 20.8 Å². The topological polar surface area (TPSA) is 81.6 Å². The summed E-state index contributed by atoms with van der Waals surface area (Å²) in [5.41, 5.74) is 1.75. The van der Waals surface area contributed by atoms with E-state index in [1.165, 1.54) is 6.07 Å². The SMILES string of the molecule is O=C(O)Cc1ccc(O)c(NC(=S)Nc2ccccc2)c1. The van der Waals surface area contributed by atoms with E-state index in [4.69, 9.17) is 17.3 Å². The van der Waals surface area contributed by atoms with E-state index in [-0.39, 0.29) is 12.2 Å². The zero-order valence-electron chi connectivity index (χ0n) is 11.0. The molecular weight excluding hydrogens is 288 g/mol. The van der Waals surface area contributed by atoms with Crippen molar-refractivity contribution in [2.24, 2.45) is 0 Å². The Hall–Kier alpha value is -2.60. The van der Waals surface area contributed by atoms with Gasteiger partial charge in [0.05, 0.1) is 12.1 Å². The van der Waals surface area contributed by atoms with Gasteiger partial charge in [0.25, 0.3) is 0 Å². The molecule has 0 unspecified atom stereocenters. The Morgan fingerprint density at radius 2 is 1.81 bits per heavy atom. The molecule has 6 heteroatoms. The summed E-state index contributed by atoms with van der Waals surface area (Å²) >= 11 is 5.16. The molecule has 0 aromatic heterocycles. The molecule has 0 aliphatic rings. The lowest BCUT2D eigenvalue weighted by atomic mass is 10.1. The number of hydrogen-bond acceptors (Lipinski definition) is 3. The first kappa shape index (κ1) is 14.8. The summed E-state index contributed by atoms with van der Waals surface area (Å²) in [7, 11) is 0. The van der Waals surface area contributed by atoms with Crippen LogP contribution >= 0.6 is 12.2 Å². The van der Waals surface area contributed by atoms with E-state index in [0.717, 1.165) is 5.69 Å². The fourth-order valence-electron chi connectivity index (χ4n) is 1.77. The molecule has 2 rings (SSSR count). The molecule has 0 amide bonds. The number of aromatic hydroxyl groups is 1. The lowest BCUT2D eigenvalue weighted by molar-refractivity contribution is -0.136. The fourth-order valence-corrected chi connectivity index (χ4v) is 2.00. The molecule has 0 aliphatic carbocycles. The number of anilines is 2. The number of rotatable bonds is 4. The molecule has 0 aliphatic heterocycles. The molecule has 0 radical (unpaired) electrons. The van der Waals surface area contributed by atoms with Gasteiger partial charge in [-0.15, -0.1) is 0 Å². The summed E-state index contributed by atoms with van der Waals surface area (Å²) in [4.78, 5) is 10.7. The lowest BCUT2D eigenvalue weighted by Crippen LogP contribution is -2.19. The second-order valence-corrected chi connectivity index (χ2v) is 4.78. The van der Waals surface area contributed by atoms with Crippen LogP contribution in [0.4, 0.5) is 11.4 Å². The van der Waals surface area contributed by atoms with E-state index < -0.39 is 5.97 Å². The van der Waals surface area contributed by atoms with Crippen molar-refractivity contribution in [2.45, 2.75) is 6.42 Å². The van der Waals surface area contributed by atoms with Crippen LogP contribution in [0.1, 0.15) is 5.56 Å². The number of carboxylic acids is 1. The minimum absolute atomic E-state index is 0.00125. The minimum Gasteiger partial charge on any atom is -0.506 e. The van der Waals surface area contributed by atoms with Crippen LogP contribution in [0.3, 0.4) is 0 Å². The molecule has 2 aromatic carbocycles. The highest BCUT2D eigenvalue weighted by atomic mass is 32.1. The van der Waals surface area contributed by atoms with Gasteiger partial charge in [0.2, 0.25) is 0 Å². The lowest BCUT2D eigenvalue weighted by Gasteiger charge is -2.12. The van der Waals surface area contributed by atoms with Crippen molar-refractivity contribution < 1.29 is 15.0 Å². The van der Waals surface area contributed by atoms with E-state index in [1.54, 1.807) is 12.1 Å². The molecule has 5 nitrogen and oxygen atoms in total. The van der Waals surface area contributed by atoms with Crippen LogP contribution in [0.2, 0.25) is 0 Å². The maximum absolute atomic E-state index is 10.7. The van der Waals surface area contributed by atoms with Gasteiger partial charge in [0.15, 0.2) is 5.11 Å². The molecule has 0 bridgehead atoms. The number of carbonyl (C=O) groups is 1. The number of para-hydroxylation sites is 1. The number of thiocarbonyl (C=S) groups is 1. The van der Waals surface area contributed by atoms with Crippen LogP contribution in [-0.2, 0) is 11.2 Å². The van der Waals surface area contributed by atoms with Crippen molar-refractivity contribution in [3.05, 3.63) is 54.1 Å². The average molecular weight is 302 g/mol. The van der Waals surface area contributed by atoms with Crippen molar-refractivity contribution in [2.75, 3.05) is 10.6 Å². The highest BCUT2D eigenvalue weighted by Gasteiger charge is 2.07. The second kappa shape index (κ2) is 6.71. The predicted octanol–water partition coefficient (Wildman–Crippen LogP) is 2.83. The first-order chi connectivity index (χ1) is 10.0. The van der Waals surface area contributed by atoms with Gasteiger partial charge in [-0.05, 0) is 42.0 Å². The number of benzene rings is 2. The van der Waals surface area contributed by atoms with Gasteiger partial charge in [-0.2, -0.15) is 0 Å². The van der Waals surface area contributed by atoms with Crippen molar-refractivity contribution in [3.8, 4) is 5.75 Å². The van der Waals surface area contributed by atoms with Crippen molar-refractivity contribution >= 4 is 34.7 Å². The van der Waals surface area contributed by atoms with E-state index in [0.29, 0.717) is 16.4 Å². The van der Waals surface area contributed by atoms with Crippen molar-refractivity contribution in [1.29, 1.82) is 0 Å². The number of carboxylic acid groups (broad SMARTS) is 1. The Labute approximate surface area is 127 Å². The summed E-state index contributed by atoms with van der Waals surface area (Å²) in [6, 6.07) is 13.9. The van der Waals surface area contributed by atoms with E-state index in [9.17, 15) is 9.90 Å². The Morgan fingerprint density at radius 1 is 1.10 bits per heavy atom. The van der Waals surface area contributed by atoms with Gasteiger partial charge in [-0.1, -0.05) is 24.3 Å². The third-order valence-corrected chi connectivity index (χ3v) is 2.90. The van der Waals surface area contributed by atoms with Crippen molar-refractivity contribution in [1.82, 2.24) is 0 Å². The first-order valence-corrected chi connectivity index (χ1v) is 6.62. The smallest absolute Gasteiger partial charge is 0.307 e. The zero-order valence-corrected chi connectivity index (χ0v) is 11.9. The Morgan fingerprint density at radius 3 is 2.48 bits per heavy atom. The summed E-state index contributed by atoms with van der Waals surface area (Å²) in [6.07, 6.45) is -0.117. The monoisotopic (exact) mass is 302 g/mol. The highest BCUT2D eigenvalue weighted by Crippen LogP contribution is 2.24. The molecule has 0 spiro atoms. The largest absolute Gasteiger partial charge is 0.506 e. The number of phenols is 1. The Kier molecular flexibility index (Phi) is 4.73. The van der Waals surface area contributed by atoms with E-state index in [2.05, 4.69) is 10.6 Å². The highest BCUT2D eigenvalue weighted by molar-refractivity contribution is 7.80. The molecule has 0 atom stereocenters. The van der Waals surface area contributed by atoms with Gasteiger partial charge in [-0.25, -0.2) is 0 Å². The fraction of sp³-hybridized carbons (Fsp3) is 0.0667. The molecule has 0 saturated heterocycles. The Balaban J connectivity index is 2.07. The Bertz CT molecular complexity index is 659. The second-order valence-electron chi connectivity index (χ2n) is 4.37. The van der Waals surface area contributed by atoms with Crippen LogP contribution in [0.5, 0.6) is 5.75 Å². The summed E-state index contributed by atoms with van der Waals surface area (Å²) in [5.74, 6) is -0.932. The predicted molar refractivity (Wildman–Crippen MR) is 85.7 cm³/mol. The quantitative estimate of drug-likeness (QED) is 0.513. The number of aliphatic carboxylic acids is 1. The summed E-state index contributed by atoms with van der Waals surface area (Å²) in [6.45, 7) is 0. The normalized spacial score (nSPS) is 9.90. The maximum Gasteiger partial charge on any atom is 0.307 e. The maximum atomic E-state index is 10.7. The molecule has 0 heterocycles. The van der Waals surface area contributed by atoms with Crippen LogP contribution in [-0.4, -0.2) is 21.3 Å². The minimum atomic E-state index is -0.934. The van der Waals surface area contributed by atoms with Gasteiger partial charge in [-0.3, -0.25) is 4.79 Å². The summed E-state index contributed by atoms with van der Waals surface area (Å²) in [5, 5.41) is 24.7. The molecule has 0 saturated carbocycles. The zero-order chi connectivity index (χ0) is 15.2. The number of phenolic OH excluding ortho intramolecular Hbond substituents is 1. The van der Waals surface area contributed by atoms with Crippen LogP contribution in [0.15, 0.2) is 48.5 Å². The van der Waals surface area contributed by atoms with Gasteiger partial charge in [0.1, 0.15) is 5.75 Å². The molecule has 0 fully saturated rings. The molecule has 4 N–H and O–H groups in total.